The molecule has 118 valence electrons. The maximum Gasteiger partial charge on any atom is 0.303 e. The van der Waals surface area contributed by atoms with Gasteiger partial charge in [-0.1, -0.05) is 33.6 Å². The van der Waals surface area contributed by atoms with E-state index in [1.165, 1.54) is 0 Å². The molecule has 0 heterocycles. The molecule has 1 amide bonds. The molecule has 0 bridgehead atoms. The van der Waals surface area contributed by atoms with Crippen LogP contribution in [-0.2, 0) is 9.59 Å². The van der Waals surface area contributed by atoms with Gasteiger partial charge in [0.05, 0.1) is 0 Å². The molecule has 0 rings (SSSR count). The molecule has 5 nitrogen and oxygen atoms in total. The summed E-state index contributed by atoms with van der Waals surface area (Å²) in [7, 11) is 0. The summed E-state index contributed by atoms with van der Waals surface area (Å²) in [5.41, 5.74) is 0. The Balaban J connectivity index is 3.91. The fraction of sp³-hybridized carbons (Fsp3) is 0.867. The van der Waals surface area contributed by atoms with Crippen LogP contribution in [0.5, 0.6) is 0 Å². The molecule has 5 heteroatoms. The lowest BCUT2D eigenvalue weighted by Crippen LogP contribution is -2.36. The monoisotopic (exact) mass is 286 g/mol. The zero-order valence-electron chi connectivity index (χ0n) is 13.1. The second-order valence-corrected chi connectivity index (χ2v) is 5.38. The first-order chi connectivity index (χ1) is 9.51. The maximum atomic E-state index is 11.8. The van der Waals surface area contributed by atoms with Crippen LogP contribution >= 0.6 is 0 Å². The van der Waals surface area contributed by atoms with Crippen molar-refractivity contribution in [2.45, 2.75) is 52.9 Å². The Morgan fingerprint density at radius 3 is 2.40 bits per heavy atom. The van der Waals surface area contributed by atoms with Crippen molar-refractivity contribution in [1.29, 1.82) is 0 Å². The van der Waals surface area contributed by atoms with Gasteiger partial charge in [-0.2, -0.15) is 0 Å². The molecule has 0 radical (unpaired) electrons. The van der Waals surface area contributed by atoms with E-state index in [0.29, 0.717) is 25.4 Å². The molecule has 0 aromatic carbocycles. The number of carboxylic acid groups (broad SMARTS) is 1. The lowest BCUT2D eigenvalue weighted by Gasteiger charge is -2.17. The van der Waals surface area contributed by atoms with E-state index in [4.69, 9.17) is 5.11 Å². The minimum atomic E-state index is -0.741. The normalized spacial score (nSPS) is 13.8. The number of carbonyl (C=O) groups excluding carboxylic acids is 1. The maximum absolute atomic E-state index is 11.8. The number of amides is 1. The van der Waals surface area contributed by atoms with Crippen LogP contribution in [0.4, 0.5) is 0 Å². The Morgan fingerprint density at radius 1 is 1.15 bits per heavy atom. The van der Waals surface area contributed by atoms with Crippen molar-refractivity contribution in [3.8, 4) is 0 Å². The first kappa shape index (κ1) is 18.9. The summed E-state index contributed by atoms with van der Waals surface area (Å²) in [5.74, 6) is -0.312. The Morgan fingerprint density at radius 2 is 1.85 bits per heavy atom. The fourth-order valence-corrected chi connectivity index (χ4v) is 2.20. The lowest BCUT2D eigenvalue weighted by atomic mass is 9.94. The molecule has 0 saturated heterocycles. The third-order valence-corrected chi connectivity index (χ3v) is 3.46. The van der Waals surface area contributed by atoms with Crippen LogP contribution in [0.3, 0.4) is 0 Å². The highest BCUT2D eigenvalue weighted by Crippen LogP contribution is 2.17. The Hall–Kier alpha value is -1.10. The third-order valence-electron chi connectivity index (χ3n) is 3.46. The molecular formula is C15H30N2O3. The third kappa shape index (κ3) is 9.78. The van der Waals surface area contributed by atoms with Crippen LogP contribution in [0.15, 0.2) is 0 Å². The van der Waals surface area contributed by atoms with Gasteiger partial charge in [0.25, 0.3) is 0 Å². The predicted octanol–water partition coefficient (Wildman–Crippen LogP) is 2.02. The average Bonchev–Trinajstić information content (AvgIpc) is 2.41. The smallest absolute Gasteiger partial charge is 0.303 e. The van der Waals surface area contributed by atoms with Crippen LogP contribution in [0.25, 0.3) is 0 Å². The molecule has 2 unspecified atom stereocenters. The summed E-state index contributed by atoms with van der Waals surface area (Å²) in [4.78, 5) is 22.4. The van der Waals surface area contributed by atoms with Gasteiger partial charge in [0.2, 0.25) is 5.91 Å². The van der Waals surface area contributed by atoms with Gasteiger partial charge in [0.15, 0.2) is 0 Å². The quantitative estimate of drug-likeness (QED) is 0.513. The molecule has 0 spiro atoms. The standard InChI is InChI=1S/C15H30N2O3/c1-4-6-13(7-8-14(18)19)9-10-17-15(20)12(3)11-16-5-2/h12-13,16H,4-11H2,1-3H3,(H,17,20)(H,18,19). The van der Waals surface area contributed by atoms with E-state index in [9.17, 15) is 9.59 Å². The number of hydrogen-bond donors (Lipinski definition) is 3. The summed E-state index contributed by atoms with van der Waals surface area (Å²) in [6.07, 6.45) is 3.85. The van der Waals surface area contributed by atoms with Gasteiger partial charge in [-0.05, 0) is 25.3 Å². The number of rotatable bonds is 12. The zero-order chi connectivity index (χ0) is 15.4. The molecule has 3 N–H and O–H groups in total. The van der Waals surface area contributed by atoms with Gasteiger partial charge >= 0.3 is 5.97 Å². The van der Waals surface area contributed by atoms with Crippen molar-refractivity contribution in [2.24, 2.45) is 11.8 Å². The number of carboxylic acids is 1. The zero-order valence-corrected chi connectivity index (χ0v) is 13.1. The van der Waals surface area contributed by atoms with E-state index in [1.807, 2.05) is 13.8 Å². The second-order valence-electron chi connectivity index (χ2n) is 5.38. The van der Waals surface area contributed by atoms with E-state index in [0.717, 1.165) is 25.8 Å². The van der Waals surface area contributed by atoms with Crippen molar-refractivity contribution in [3.05, 3.63) is 0 Å². The molecule has 0 aliphatic heterocycles. The van der Waals surface area contributed by atoms with Crippen LogP contribution in [-0.4, -0.2) is 36.6 Å². The largest absolute Gasteiger partial charge is 0.481 e. The molecule has 0 aliphatic rings. The Kier molecular flexibility index (Phi) is 11.1. The van der Waals surface area contributed by atoms with Gasteiger partial charge in [0, 0.05) is 25.4 Å². The summed E-state index contributed by atoms with van der Waals surface area (Å²) in [5, 5.41) is 14.8. The van der Waals surface area contributed by atoms with Gasteiger partial charge in [0.1, 0.15) is 0 Å². The van der Waals surface area contributed by atoms with Gasteiger partial charge in [-0.25, -0.2) is 0 Å². The lowest BCUT2D eigenvalue weighted by molar-refractivity contribution is -0.137. The highest BCUT2D eigenvalue weighted by Gasteiger charge is 2.14. The SMILES string of the molecule is CCCC(CCNC(=O)C(C)CNCC)CCC(=O)O. The van der Waals surface area contributed by atoms with Crippen LogP contribution in [0.1, 0.15) is 52.9 Å². The minimum absolute atomic E-state index is 0.0291. The minimum Gasteiger partial charge on any atom is -0.481 e. The predicted molar refractivity (Wildman–Crippen MR) is 80.6 cm³/mol. The molecule has 0 aliphatic carbocycles. The summed E-state index contributed by atoms with van der Waals surface area (Å²) in [6.45, 7) is 8.23. The van der Waals surface area contributed by atoms with E-state index < -0.39 is 5.97 Å². The molecule has 0 fully saturated rings. The molecule has 2 atom stereocenters. The van der Waals surface area contributed by atoms with Crippen LogP contribution in [0, 0.1) is 11.8 Å². The summed E-state index contributed by atoms with van der Waals surface area (Å²) in [6, 6.07) is 0. The van der Waals surface area contributed by atoms with Crippen LogP contribution < -0.4 is 10.6 Å². The summed E-state index contributed by atoms with van der Waals surface area (Å²) >= 11 is 0. The Labute approximate surface area is 122 Å². The van der Waals surface area contributed by atoms with E-state index in [-0.39, 0.29) is 18.2 Å². The molecule has 0 saturated carbocycles. The van der Waals surface area contributed by atoms with Crippen LogP contribution in [0.2, 0.25) is 0 Å². The van der Waals surface area contributed by atoms with Crippen molar-refractivity contribution >= 4 is 11.9 Å². The Bertz CT molecular complexity index is 282. The van der Waals surface area contributed by atoms with E-state index >= 15 is 0 Å². The highest BCUT2D eigenvalue weighted by atomic mass is 16.4. The average molecular weight is 286 g/mol. The first-order valence-corrected chi connectivity index (χ1v) is 7.71. The first-order valence-electron chi connectivity index (χ1n) is 7.71. The topological polar surface area (TPSA) is 78.4 Å². The number of hydrogen-bond acceptors (Lipinski definition) is 3. The van der Waals surface area contributed by atoms with Crippen molar-refractivity contribution < 1.29 is 14.7 Å². The number of aliphatic carboxylic acids is 1. The van der Waals surface area contributed by atoms with Crippen molar-refractivity contribution in [3.63, 3.8) is 0 Å². The molecule has 0 aromatic rings. The van der Waals surface area contributed by atoms with Gasteiger partial charge < -0.3 is 15.7 Å². The summed E-state index contributed by atoms with van der Waals surface area (Å²) < 4.78 is 0. The van der Waals surface area contributed by atoms with E-state index in [2.05, 4.69) is 17.6 Å². The number of nitrogens with one attached hydrogen (secondary N) is 2. The fourth-order valence-electron chi connectivity index (χ4n) is 2.20. The van der Waals surface area contributed by atoms with Crippen molar-refractivity contribution in [2.75, 3.05) is 19.6 Å². The molecule has 20 heavy (non-hydrogen) atoms. The molecule has 0 aromatic heterocycles. The molecular weight excluding hydrogens is 256 g/mol. The van der Waals surface area contributed by atoms with Gasteiger partial charge in [-0.3, -0.25) is 9.59 Å². The van der Waals surface area contributed by atoms with Crippen molar-refractivity contribution in [1.82, 2.24) is 10.6 Å². The van der Waals surface area contributed by atoms with E-state index in [1.54, 1.807) is 0 Å². The highest BCUT2D eigenvalue weighted by molar-refractivity contribution is 5.78. The second kappa shape index (κ2) is 11.7. The van der Waals surface area contributed by atoms with Gasteiger partial charge in [-0.15, -0.1) is 0 Å². The number of carbonyl (C=O) groups is 2.